The summed E-state index contributed by atoms with van der Waals surface area (Å²) in [6.07, 6.45) is 3.96. The Morgan fingerprint density at radius 3 is 2.63 bits per heavy atom. The minimum Gasteiger partial charge on any atom is -0.494 e. The molecule has 1 rings (SSSR count). The van der Waals surface area contributed by atoms with Gasteiger partial charge in [-0.25, -0.2) is 0 Å². The molecule has 0 fully saturated rings. The summed E-state index contributed by atoms with van der Waals surface area (Å²) < 4.78 is 5.63. The Labute approximate surface area is 121 Å². The lowest BCUT2D eigenvalue weighted by atomic mass is 10.0. The maximum Gasteiger partial charge on any atom is 0.132 e. The minimum atomic E-state index is 0.346. The number of hydrogen-bond acceptors (Lipinski definition) is 2. The van der Waals surface area contributed by atoms with Crippen LogP contribution in [0.3, 0.4) is 0 Å². The Balaban J connectivity index is 2.65. The number of ketones is 1. The zero-order chi connectivity index (χ0) is 14.3. The number of benzene rings is 1. The molecule has 1 aromatic rings. The topological polar surface area (TPSA) is 26.3 Å². The van der Waals surface area contributed by atoms with Crippen molar-refractivity contribution >= 4 is 17.4 Å². The summed E-state index contributed by atoms with van der Waals surface area (Å²) in [5.74, 6) is 1.24. The van der Waals surface area contributed by atoms with Crippen LogP contribution in [0, 0.1) is 6.92 Å². The third kappa shape index (κ3) is 5.23. The molecule has 3 heteroatoms. The van der Waals surface area contributed by atoms with Gasteiger partial charge < -0.3 is 4.74 Å². The van der Waals surface area contributed by atoms with Crippen molar-refractivity contribution in [1.82, 2.24) is 0 Å². The van der Waals surface area contributed by atoms with Crippen molar-refractivity contribution in [2.24, 2.45) is 0 Å². The van der Waals surface area contributed by atoms with Gasteiger partial charge in [-0.2, -0.15) is 0 Å². The highest BCUT2D eigenvalue weighted by Crippen LogP contribution is 2.28. The summed E-state index contributed by atoms with van der Waals surface area (Å²) in [6, 6.07) is 3.95. The standard InChI is InChI=1S/C16H23ClO2/c1-4-7-14(18)9-6-8-13-11-15(17)12(3)10-16(13)19-5-2/h10-11H,4-9H2,1-3H3. The van der Waals surface area contributed by atoms with E-state index in [1.54, 1.807) is 0 Å². The largest absolute Gasteiger partial charge is 0.494 e. The van der Waals surface area contributed by atoms with E-state index in [1.807, 2.05) is 32.9 Å². The molecule has 2 nitrogen and oxygen atoms in total. The fourth-order valence-corrected chi connectivity index (χ4v) is 2.25. The van der Waals surface area contributed by atoms with Crippen molar-refractivity contribution in [3.63, 3.8) is 0 Å². The highest BCUT2D eigenvalue weighted by Gasteiger charge is 2.08. The van der Waals surface area contributed by atoms with E-state index >= 15 is 0 Å². The smallest absolute Gasteiger partial charge is 0.132 e. The van der Waals surface area contributed by atoms with Crippen LogP contribution in [-0.4, -0.2) is 12.4 Å². The Morgan fingerprint density at radius 1 is 1.26 bits per heavy atom. The summed E-state index contributed by atoms with van der Waals surface area (Å²) >= 11 is 6.15. The third-order valence-electron chi connectivity index (χ3n) is 3.07. The van der Waals surface area contributed by atoms with E-state index in [2.05, 4.69) is 0 Å². The molecule has 0 aliphatic rings. The molecule has 106 valence electrons. The molecule has 19 heavy (non-hydrogen) atoms. The van der Waals surface area contributed by atoms with Crippen LogP contribution in [0.15, 0.2) is 12.1 Å². The maximum absolute atomic E-state index is 11.5. The average Bonchev–Trinajstić information content (AvgIpc) is 2.35. The van der Waals surface area contributed by atoms with Gasteiger partial charge in [-0.05, 0) is 56.4 Å². The Bertz CT molecular complexity index is 427. The second kappa shape index (κ2) is 8.21. The normalized spacial score (nSPS) is 10.5. The lowest BCUT2D eigenvalue weighted by Crippen LogP contribution is -2.01. The van der Waals surface area contributed by atoms with Gasteiger partial charge >= 0.3 is 0 Å². The summed E-state index contributed by atoms with van der Waals surface area (Å²) in [5.41, 5.74) is 2.12. The number of carbonyl (C=O) groups is 1. The summed E-state index contributed by atoms with van der Waals surface area (Å²) in [4.78, 5) is 11.5. The molecule has 0 radical (unpaired) electrons. The number of ether oxygens (including phenoxy) is 1. The first-order valence-corrected chi connectivity index (χ1v) is 7.39. The molecule has 0 bridgehead atoms. The molecule has 0 N–H and O–H groups in total. The quantitative estimate of drug-likeness (QED) is 0.688. The Kier molecular flexibility index (Phi) is 6.93. The van der Waals surface area contributed by atoms with Crippen LogP contribution in [0.2, 0.25) is 5.02 Å². The summed E-state index contributed by atoms with van der Waals surface area (Å²) in [5, 5.41) is 0.762. The van der Waals surface area contributed by atoms with Gasteiger partial charge in [-0.15, -0.1) is 0 Å². The SMILES string of the molecule is CCCC(=O)CCCc1cc(Cl)c(C)cc1OCC. The van der Waals surface area contributed by atoms with Crippen LogP contribution >= 0.6 is 11.6 Å². The minimum absolute atomic E-state index is 0.346. The molecule has 0 aliphatic carbocycles. The second-order valence-corrected chi connectivity index (χ2v) is 5.19. The first-order valence-electron chi connectivity index (χ1n) is 7.02. The predicted octanol–water partition coefficient (Wildman–Crippen LogP) is 4.74. The highest BCUT2D eigenvalue weighted by molar-refractivity contribution is 6.31. The molecule has 0 heterocycles. The van der Waals surface area contributed by atoms with Gasteiger partial charge in [0.2, 0.25) is 0 Å². The lowest BCUT2D eigenvalue weighted by molar-refractivity contribution is -0.119. The van der Waals surface area contributed by atoms with Crippen molar-refractivity contribution < 1.29 is 9.53 Å². The van der Waals surface area contributed by atoms with Gasteiger partial charge in [-0.1, -0.05) is 18.5 Å². The van der Waals surface area contributed by atoms with E-state index in [1.165, 1.54) is 0 Å². The van der Waals surface area contributed by atoms with Crippen molar-refractivity contribution in [2.45, 2.75) is 52.9 Å². The molecule has 0 amide bonds. The van der Waals surface area contributed by atoms with Crippen LogP contribution in [0.1, 0.15) is 50.7 Å². The second-order valence-electron chi connectivity index (χ2n) is 4.78. The molecule has 0 saturated heterocycles. The fourth-order valence-electron chi connectivity index (χ4n) is 2.06. The van der Waals surface area contributed by atoms with Crippen LogP contribution in [0.5, 0.6) is 5.75 Å². The first kappa shape index (κ1) is 16.0. The van der Waals surface area contributed by atoms with Crippen molar-refractivity contribution in [1.29, 1.82) is 0 Å². The zero-order valence-electron chi connectivity index (χ0n) is 12.1. The van der Waals surface area contributed by atoms with Crippen LogP contribution in [-0.2, 0) is 11.2 Å². The van der Waals surface area contributed by atoms with Gasteiger partial charge in [0.25, 0.3) is 0 Å². The fraction of sp³-hybridized carbons (Fsp3) is 0.562. The Morgan fingerprint density at radius 2 is 2.00 bits per heavy atom. The number of halogens is 1. The van der Waals surface area contributed by atoms with Gasteiger partial charge in [0.1, 0.15) is 11.5 Å². The number of carbonyl (C=O) groups excluding carboxylic acids is 1. The molecule has 1 aromatic carbocycles. The monoisotopic (exact) mass is 282 g/mol. The number of Topliss-reactive ketones (excluding diaryl/α,β-unsaturated/α-hetero) is 1. The zero-order valence-corrected chi connectivity index (χ0v) is 12.8. The molecular weight excluding hydrogens is 260 g/mol. The molecule has 0 spiro atoms. The summed E-state index contributed by atoms with van der Waals surface area (Å²) in [7, 11) is 0. The summed E-state index contributed by atoms with van der Waals surface area (Å²) in [6.45, 7) is 6.62. The van der Waals surface area contributed by atoms with E-state index in [-0.39, 0.29) is 0 Å². The molecule has 0 atom stereocenters. The molecule has 0 saturated carbocycles. The van der Waals surface area contributed by atoms with Crippen molar-refractivity contribution in [3.8, 4) is 5.75 Å². The number of rotatable bonds is 8. The molecular formula is C16H23ClO2. The Hall–Kier alpha value is -1.02. The van der Waals surface area contributed by atoms with E-state index in [4.69, 9.17) is 16.3 Å². The van der Waals surface area contributed by atoms with Gasteiger partial charge in [0.15, 0.2) is 0 Å². The van der Waals surface area contributed by atoms with Gasteiger partial charge in [0, 0.05) is 17.9 Å². The van der Waals surface area contributed by atoms with Crippen LogP contribution in [0.4, 0.5) is 0 Å². The van der Waals surface area contributed by atoms with E-state index < -0.39 is 0 Å². The molecule has 0 unspecified atom stereocenters. The number of aryl methyl sites for hydroxylation is 2. The van der Waals surface area contributed by atoms with E-state index in [0.29, 0.717) is 25.2 Å². The number of hydrogen-bond donors (Lipinski definition) is 0. The highest BCUT2D eigenvalue weighted by atomic mass is 35.5. The maximum atomic E-state index is 11.5. The van der Waals surface area contributed by atoms with Crippen molar-refractivity contribution in [2.75, 3.05) is 6.61 Å². The third-order valence-corrected chi connectivity index (χ3v) is 3.48. The van der Waals surface area contributed by atoms with Gasteiger partial charge in [-0.3, -0.25) is 4.79 Å². The van der Waals surface area contributed by atoms with E-state index in [0.717, 1.165) is 41.2 Å². The molecule has 0 aromatic heterocycles. The predicted molar refractivity (Wildman–Crippen MR) is 80.2 cm³/mol. The van der Waals surface area contributed by atoms with Crippen LogP contribution in [0.25, 0.3) is 0 Å². The molecule has 0 aliphatic heterocycles. The van der Waals surface area contributed by atoms with E-state index in [9.17, 15) is 4.79 Å². The van der Waals surface area contributed by atoms with Crippen LogP contribution < -0.4 is 4.74 Å². The first-order chi connectivity index (χ1) is 9.08. The van der Waals surface area contributed by atoms with Gasteiger partial charge in [0.05, 0.1) is 6.61 Å². The lowest BCUT2D eigenvalue weighted by Gasteiger charge is -2.12. The average molecular weight is 283 g/mol. The van der Waals surface area contributed by atoms with Crippen molar-refractivity contribution in [3.05, 3.63) is 28.3 Å².